The number of nitrogens with one attached hydrogen (secondary N) is 1. The number of imide groups is 1. The van der Waals surface area contributed by atoms with E-state index in [0.717, 1.165) is 56.8 Å². The third-order valence-corrected chi connectivity index (χ3v) is 7.22. The van der Waals surface area contributed by atoms with Crippen molar-refractivity contribution in [3.05, 3.63) is 59.0 Å². The Morgan fingerprint density at radius 2 is 1.73 bits per heavy atom. The lowest BCUT2D eigenvalue weighted by molar-refractivity contribution is -0.134. The van der Waals surface area contributed by atoms with Crippen LogP contribution in [0.5, 0.6) is 0 Å². The minimum Gasteiger partial charge on any atom is -0.465 e. The molecule has 2 fully saturated rings. The summed E-state index contributed by atoms with van der Waals surface area (Å²) >= 11 is 0. The second-order valence-electron chi connectivity index (χ2n) is 9.20. The molecule has 0 bridgehead atoms. The molecule has 0 spiro atoms. The maximum atomic E-state index is 13.5. The van der Waals surface area contributed by atoms with E-state index < -0.39 is 5.54 Å². The highest BCUT2D eigenvalue weighted by Gasteiger charge is 2.55. The van der Waals surface area contributed by atoms with Gasteiger partial charge in [-0.2, -0.15) is 0 Å². The first-order chi connectivity index (χ1) is 14.4. The van der Waals surface area contributed by atoms with Crippen LogP contribution >= 0.6 is 0 Å². The molecule has 0 saturated carbocycles. The number of furan rings is 1. The van der Waals surface area contributed by atoms with Crippen LogP contribution in [-0.2, 0) is 24.2 Å². The zero-order valence-electron chi connectivity index (χ0n) is 17.7. The smallest absolute Gasteiger partial charge is 0.325 e. The second kappa shape index (κ2) is 7.27. The Hall–Kier alpha value is -2.60. The summed E-state index contributed by atoms with van der Waals surface area (Å²) < 4.78 is 5.70. The fraction of sp³-hybridized carbons (Fsp3) is 0.500. The van der Waals surface area contributed by atoms with E-state index in [-0.39, 0.29) is 23.9 Å². The van der Waals surface area contributed by atoms with Crippen LogP contribution in [0.3, 0.4) is 0 Å². The van der Waals surface area contributed by atoms with Gasteiger partial charge in [-0.25, -0.2) is 4.79 Å². The molecule has 1 aliphatic carbocycles. The molecule has 2 aromatic rings. The van der Waals surface area contributed by atoms with E-state index in [0.29, 0.717) is 0 Å². The summed E-state index contributed by atoms with van der Waals surface area (Å²) in [5, 5.41) is 3.07. The predicted molar refractivity (Wildman–Crippen MR) is 113 cm³/mol. The molecule has 158 valence electrons. The van der Waals surface area contributed by atoms with Gasteiger partial charge in [0.05, 0.1) is 6.54 Å². The van der Waals surface area contributed by atoms with Crippen molar-refractivity contribution in [3.8, 4) is 0 Å². The van der Waals surface area contributed by atoms with Gasteiger partial charge in [0.15, 0.2) is 0 Å². The zero-order chi connectivity index (χ0) is 20.9. The van der Waals surface area contributed by atoms with Gasteiger partial charge in [0, 0.05) is 6.04 Å². The summed E-state index contributed by atoms with van der Waals surface area (Å²) in [6.07, 6.45) is 3.29. The van der Waals surface area contributed by atoms with E-state index in [9.17, 15) is 9.59 Å². The van der Waals surface area contributed by atoms with E-state index in [1.807, 2.05) is 38.1 Å². The lowest BCUT2D eigenvalue weighted by atomic mass is 9.78. The van der Waals surface area contributed by atoms with Crippen molar-refractivity contribution < 1.29 is 14.0 Å². The van der Waals surface area contributed by atoms with Crippen LogP contribution in [-0.4, -0.2) is 46.4 Å². The number of urea groups is 1. The molecule has 2 saturated heterocycles. The average Bonchev–Trinajstić information content (AvgIpc) is 3.39. The number of hydrogen-bond donors (Lipinski definition) is 1. The number of carbonyl (C=O) groups excluding carboxylic acids is 2. The SMILES string of the molecule is Cc1ccc(CN2CCC(C3(C)NC(=O)N(C4Cc5ccccc5C4)C3=O)CC2)o1. The van der Waals surface area contributed by atoms with E-state index >= 15 is 0 Å². The molecule has 1 unspecified atom stereocenters. The predicted octanol–water partition coefficient (Wildman–Crippen LogP) is 3.28. The Labute approximate surface area is 177 Å². The van der Waals surface area contributed by atoms with Gasteiger partial charge in [0.2, 0.25) is 0 Å². The molecule has 0 radical (unpaired) electrons. The maximum Gasteiger partial charge on any atom is 0.325 e. The third kappa shape index (κ3) is 3.23. The van der Waals surface area contributed by atoms with Gasteiger partial charge in [0.1, 0.15) is 17.1 Å². The molecule has 2 aliphatic heterocycles. The highest BCUT2D eigenvalue weighted by Crippen LogP contribution is 2.36. The molecule has 30 heavy (non-hydrogen) atoms. The summed E-state index contributed by atoms with van der Waals surface area (Å²) in [4.78, 5) is 30.2. The molecule has 3 amide bonds. The van der Waals surface area contributed by atoms with Crippen molar-refractivity contribution in [2.75, 3.05) is 13.1 Å². The Bertz CT molecular complexity index is 951. The van der Waals surface area contributed by atoms with E-state index in [2.05, 4.69) is 22.3 Å². The quantitative estimate of drug-likeness (QED) is 0.790. The third-order valence-electron chi connectivity index (χ3n) is 7.22. The van der Waals surface area contributed by atoms with Crippen molar-refractivity contribution in [2.45, 2.75) is 57.7 Å². The molecule has 5 rings (SSSR count). The molecule has 1 aromatic heterocycles. The molecule has 1 N–H and O–H groups in total. The number of rotatable bonds is 4. The van der Waals surface area contributed by atoms with Crippen molar-refractivity contribution in [2.24, 2.45) is 5.92 Å². The van der Waals surface area contributed by atoms with Gasteiger partial charge >= 0.3 is 6.03 Å². The Morgan fingerprint density at radius 3 is 2.33 bits per heavy atom. The van der Waals surface area contributed by atoms with Crippen molar-refractivity contribution >= 4 is 11.9 Å². The molecule has 1 atom stereocenters. The monoisotopic (exact) mass is 407 g/mol. The van der Waals surface area contributed by atoms with Gasteiger partial charge < -0.3 is 9.73 Å². The molecule has 3 heterocycles. The molecule has 6 heteroatoms. The molecular weight excluding hydrogens is 378 g/mol. The number of aryl methyl sites for hydroxylation is 1. The largest absolute Gasteiger partial charge is 0.465 e. The number of carbonyl (C=O) groups is 2. The van der Waals surface area contributed by atoms with Crippen LogP contribution in [0, 0.1) is 12.8 Å². The number of amides is 3. The number of fused-ring (bicyclic) bond motifs is 1. The number of benzene rings is 1. The number of nitrogens with zero attached hydrogens (tertiary/aromatic N) is 2. The Balaban J connectivity index is 1.24. The van der Waals surface area contributed by atoms with E-state index in [4.69, 9.17) is 4.42 Å². The number of likely N-dealkylation sites (tertiary alicyclic amines) is 1. The lowest BCUT2D eigenvalue weighted by Gasteiger charge is -2.38. The summed E-state index contributed by atoms with van der Waals surface area (Å²) in [7, 11) is 0. The van der Waals surface area contributed by atoms with Crippen molar-refractivity contribution in [3.63, 3.8) is 0 Å². The summed E-state index contributed by atoms with van der Waals surface area (Å²) in [5.74, 6) is 2.01. The van der Waals surface area contributed by atoms with Crippen LogP contribution in [0.25, 0.3) is 0 Å². The average molecular weight is 408 g/mol. The van der Waals surface area contributed by atoms with E-state index in [1.54, 1.807) is 0 Å². The highest BCUT2D eigenvalue weighted by atomic mass is 16.3. The van der Waals surface area contributed by atoms with Gasteiger partial charge in [-0.15, -0.1) is 0 Å². The fourth-order valence-electron chi connectivity index (χ4n) is 5.46. The normalized spacial score (nSPS) is 25.7. The topological polar surface area (TPSA) is 65.8 Å². The first-order valence-electron chi connectivity index (χ1n) is 10.9. The second-order valence-corrected chi connectivity index (χ2v) is 9.20. The summed E-state index contributed by atoms with van der Waals surface area (Å²) in [5.41, 5.74) is 1.69. The molecule has 3 aliphatic rings. The van der Waals surface area contributed by atoms with Crippen LogP contribution in [0.4, 0.5) is 4.79 Å². The Morgan fingerprint density at radius 1 is 1.07 bits per heavy atom. The van der Waals surface area contributed by atoms with Gasteiger partial charge in [-0.1, -0.05) is 24.3 Å². The first-order valence-corrected chi connectivity index (χ1v) is 10.9. The van der Waals surface area contributed by atoms with Gasteiger partial charge in [-0.3, -0.25) is 14.6 Å². The van der Waals surface area contributed by atoms with Crippen molar-refractivity contribution in [1.29, 1.82) is 0 Å². The van der Waals surface area contributed by atoms with Gasteiger partial charge in [-0.05, 0) is 81.8 Å². The van der Waals surface area contributed by atoms with E-state index in [1.165, 1.54) is 16.0 Å². The van der Waals surface area contributed by atoms with Crippen LogP contribution < -0.4 is 5.32 Å². The zero-order valence-corrected chi connectivity index (χ0v) is 17.7. The molecule has 6 nitrogen and oxygen atoms in total. The Kier molecular flexibility index (Phi) is 4.69. The highest BCUT2D eigenvalue weighted by molar-refractivity contribution is 6.07. The molecular formula is C24H29N3O3. The van der Waals surface area contributed by atoms with Crippen LogP contribution in [0.15, 0.2) is 40.8 Å². The summed E-state index contributed by atoms with van der Waals surface area (Å²) in [6, 6.07) is 12.0. The number of hydrogen-bond acceptors (Lipinski definition) is 4. The molecule has 1 aromatic carbocycles. The standard InChI is InChI=1S/C24H29N3O3/c1-16-7-8-21(30-16)15-26-11-9-19(10-12-26)24(2)22(28)27(23(29)25-24)20-13-17-5-3-4-6-18(17)14-20/h3-8,19-20H,9-15H2,1-2H3,(H,25,29). The maximum absolute atomic E-state index is 13.5. The first kappa shape index (κ1) is 19.4. The summed E-state index contributed by atoms with van der Waals surface area (Å²) in [6.45, 7) is 6.48. The van der Waals surface area contributed by atoms with Crippen LogP contribution in [0.2, 0.25) is 0 Å². The van der Waals surface area contributed by atoms with Crippen LogP contribution in [0.1, 0.15) is 42.4 Å². The number of piperidine rings is 1. The van der Waals surface area contributed by atoms with Gasteiger partial charge in [0.25, 0.3) is 5.91 Å². The minimum absolute atomic E-state index is 0.0505. The minimum atomic E-state index is -0.806. The van der Waals surface area contributed by atoms with Crippen molar-refractivity contribution in [1.82, 2.24) is 15.1 Å². The fourth-order valence-corrected chi connectivity index (χ4v) is 5.46. The lowest BCUT2D eigenvalue weighted by Crippen LogP contribution is -2.54.